The minimum Gasteiger partial charge on any atom is -0.393 e. The Morgan fingerprint density at radius 2 is 1.23 bits per heavy atom. The number of aliphatic hydroxyl groups is 1. The van der Waals surface area contributed by atoms with Gasteiger partial charge in [0.25, 0.3) is 0 Å². The molecule has 0 heterocycles. The van der Waals surface area contributed by atoms with E-state index in [1.54, 1.807) is 0 Å². The molecule has 2 fully saturated rings. The third-order valence-electron chi connectivity index (χ3n) is 4.65. The summed E-state index contributed by atoms with van der Waals surface area (Å²) in [6.07, 6.45) is -9.44. The van der Waals surface area contributed by atoms with E-state index in [1.165, 1.54) is 0 Å². The fourth-order valence-electron chi connectivity index (χ4n) is 3.32. The molecule has 14 heteroatoms. The Morgan fingerprint density at radius 1 is 0.808 bits per heavy atom. The first-order valence-corrected chi connectivity index (χ1v) is 8.67. The molecule has 0 spiro atoms. The second kappa shape index (κ2) is 6.12. The Bertz CT molecular complexity index is 632. The summed E-state index contributed by atoms with van der Waals surface area (Å²) in [5.41, 5.74) is 0. The summed E-state index contributed by atoms with van der Waals surface area (Å²) in [7, 11) is -6.85. The number of hydrogen-bond donors (Lipinski definition) is 1. The van der Waals surface area contributed by atoms with Crippen molar-refractivity contribution in [3.63, 3.8) is 0 Å². The highest BCUT2D eigenvalue weighted by atomic mass is 32.2. The molecule has 0 aromatic rings. The van der Waals surface area contributed by atoms with E-state index in [-0.39, 0.29) is 25.7 Å². The van der Waals surface area contributed by atoms with Crippen molar-refractivity contribution in [2.45, 2.75) is 61.2 Å². The molecule has 2 aliphatic carbocycles. The Morgan fingerprint density at radius 3 is 1.62 bits per heavy atom. The van der Waals surface area contributed by atoms with Gasteiger partial charge in [-0.05, 0) is 37.5 Å². The molecule has 4 atom stereocenters. The largest absolute Gasteiger partial charge is 0.460 e. The second-order valence-corrected chi connectivity index (χ2v) is 8.01. The van der Waals surface area contributed by atoms with E-state index >= 15 is 0 Å². The van der Waals surface area contributed by atoms with Crippen molar-refractivity contribution in [1.29, 1.82) is 0 Å². The average Bonchev–Trinajstić information content (AvgIpc) is 2.68. The van der Waals surface area contributed by atoms with Crippen LogP contribution in [0, 0.1) is 11.8 Å². The number of halogens is 9. The maximum absolute atomic E-state index is 13.6. The van der Waals surface area contributed by atoms with Crippen LogP contribution < -0.4 is 0 Å². The molecule has 0 amide bonds. The van der Waals surface area contributed by atoms with Crippen LogP contribution in [0.5, 0.6) is 0 Å². The maximum atomic E-state index is 13.6. The van der Waals surface area contributed by atoms with E-state index in [0.29, 0.717) is 0 Å². The SMILES string of the molecule is O=S(=O)(O[C@H]1[C@@H]2CC[C@H]1C[C@@H](O)C2)C(F)(F)C(F)(F)C(F)(F)C(F)(F)F. The van der Waals surface area contributed by atoms with Crippen molar-refractivity contribution >= 4 is 10.1 Å². The molecule has 2 saturated carbocycles. The molecule has 2 rings (SSSR count). The van der Waals surface area contributed by atoms with Gasteiger partial charge in [-0.15, -0.1) is 0 Å². The zero-order valence-corrected chi connectivity index (χ0v) is 13.4. The molecule has 0 aliphatic heterocycles. The molecule has 0 unspecified atom stereocenters. The van der Waals surface area contributed by atoms with Gasteiger partial charge in [-0.25, -0.2) is 0 Å². The molecule has 4 nitrogen and oxygen atoms in total. The lowest BCUT2D eigenvalue weighted by Gasteiger charge is -2.36. The van der Waals surface area contributed by atoms with Crippen LogP contribution in [-0.4, -0.2) is 49.0 Å². The van der Waals surface area contributed by atoms with Crippen LogP contribution in [0.25, 0.3) is 0 Å². The lowest BCUT2D eigenvalue weighted by atomic mass is 9.84. The van der Waals surface area contributed by atoms with Crippen molar-refractivity contribution in [2.75, 3.05) is 0 Å². The van der Waals surface area contributed by atoms with Crippen LogP contribution in [0.1, 0.15) is 25.7 Å². The summed E-state index contributed by atoms with van der Waals surface area (Å²) in [5, 5.41) is 2.66. The van der Waals surface area contributed by atoms with Gasteiger partial charge in [0.2, 0.25) is 0 Å². The predicted molar refractivity (Wildman–Crippen MR) is 66.1 cm³/mol. The maximum Gasteiger partial charge on any atom is 0.460 e. The van der Waals surface area contributed by atoms with Crippen molar-refractivity contribution < 1.29 is 57.2 Å². The van der Waals surface area contributed by atoms with Gasteiger partial charge in [0.15, 0.2) is 0 Å². The number of aliphatic hydroxyl groups excluding tert-OH is 1. The van der Waals surface area contributed by atoms with Crippen molar-refractivity contribution in [2.24, 2.45) is 11.8 Å². The summed E-state index contributed by atoms with van der Waals surface area (Å²) < 4.78 is 143. The van der Waals surface area contributed by atoms with Gasteiger partial charge in [0, 0.05) is 0 Å². The Hall–Kier alpha value is -0.760. The van der Waals surface area contributed by atoms with Gasteiger partial charge in [-0.3, -0.25) is 4.18 Å². The number of alkyl halides is 9. The molecule has 26 heavy (non-hydrogen) atoms. The zero-order valence-electron chi connectivity index (χ0n) is 12.6. The van der Waals surface area contributed by atoms with E-state index in [1.807, 2.05) is 0 Å². The highest BCUT2D eigenvalue weighted by molar-refractivity contribution is 7.87. The molecule has 0 aromatic carbocycles. The van der Waals surface area contributed by atoms with Gasteiger partial charge < -0.3 is 5.11 Å². The fraction of sp³-hybridized carbons (Fsp3) is 1.00. The molecule has 0 radical (unpaired) electrons. The fourth-order valence-corrected chi connectivity index (χ4v) is 4.49. The summed E-state index contributed by atoms with van der Waals surface area (Å²) in [4.78, 5) is 0. The van der Waals surface area contributed by atoms with Crippen molar-refractivity contribution in [3.05, 3.63) is 0 Å². The van der Waals surface area contributed by atoms with Gasteiger partial charge >= 0.3 is 33.4 Å². The molecule has 0 saturated heterocycles. The van der Waals surface area contributed by atoms with E-state index < -0.39 is 57.4 Å². The van der Waals surface area contributed by atoms with Crippen LogP contribution >= 0.6 is 0 Å². The standard InChI is InChI=1S/C12H13F9O4S/c13-9(14,11(17,18)19)10(15,16)12(20,21)26(23,24)25-8-5-1-2-6(8)4-7(22)3-5/h5-8,22H,1-4H2/t5-,6+,7+,8+. The van der Waals surface area contributed by atoms with Crippen LogP contribution in [-0.2, 0) is 14.3 Å². The Labute approximate surface area is 141 Å². The van der Waals surface area contributed by atoms with Crippen molar-refractivity contribution in [3.8, 4) is 0 Å². The van der Waals surface area contributed by atoms with Crippen LogP contribution in [0.3, 0.4) is 0 Å². The normalized spacial score (nSPS) is 31.3. The molecule has 1 N–H and O–H groups in total. The molecule has 2 bridgehead atoms. The highest BCUT2D eigenvalue weighted by Crippen LogP contribution is 2.56. The smallest absolute Gasteiger partial charge is 0.393 e. The second-order valence-electron chi connectivity index (χ2n) is 6.40. The zero-order chi connectivity index (χ0) is 20.3. The summed E-state index contributed by atoms with van der Waals surface area (Å²) in [5.74, 6) is -16.3. The van der Waals surface area contributed by atoms with Gasteiger partial charge in [-0.2, -0.15) is 47.9 Å². The number of fused-ring (bicyclic) bond motifs is 2. The van der Waals surface area contributed by atoms with E-state index in [2.05, 4.69) is 4.18 Å². The summed E-state index contributed by atoms with van der Waals surface area (Å²) in [6.45, 7) is 0. The molecule has 2 aliphatic rings. The number of rotatable bonds is 5. The van der Waals surface area contributed by atoms with Gasteiger partial charge in [-0.1, -0.05) is 0 Å². The average molecular weight is 424 g/mol. The monoisotopic (exact) mass is 424 g/mol. The quantitative estimate of drug-likeness (QED) is 0.544. The minimum absolute atomic E-state index is 0.0998. The highest BCUT2D eigenvalue weighted by Gasteiger charge is 2.86. The van der Waals surface area contributed by atoms with Crippen LogP contribution in [0.4, 0.5) is 39.5 Å². The van der Waals surface area contributed by atoms with Crippen LogP contribution in [0.2, 0.25) is 0 Å². The topological polar surface area (TPSA) is 63.6 Å². The minimum atomic E-state index is -7.32. The first-order chi connectivity index (χ1) is 11.5. The Kier molecular flexibility index (Phi) is 5.07. The summed E-state index contributed by atoms with van der Waals surface area (Å²) >= 11 is 0. The summed E-state index contributed by atoms with van der Waals surface area (Å²) in [6, 6.07) is 0. The molecular formula is C12H13F9O4S. The first kappa shape index (κ1) is 21.5. The van der Waals surface area contributed by atoms with E-state index in [9.17, 15) is 53.0 Å². The van der Waals surface area contributed by atoms with E-state index in [0.717, 1.165) is 0 Å². The van der Waals surface area contributed by atoms with Crippen molar-refractivity contribution in [1.82, 2.24) is 0 Å². The van der Waals surface area contributed by atoms with E-state index in [4.69, 9.17) is 0 Å². The lowest BCUT2D eigenvalue weighted by molar-refractivity contribution is -0.383. The van der Waals surface area contributed by atoms with Gasteiger partial charge in [0.05, 0.1) is 12.2 Å². The predicted octanol–water partition coefficient (Wildman–Crippen LogP) is 3.31. The Balaban J connectivity index is 2.32. The van der Waals surface area contributed by atoms with Crippen LogP contribution in [0.15, 0.2) is 0 Å². The van der Waals surface area contributed by atoms with Gasteiger partial charge in [0.1, 0.15) is 0 Å². The first-order valence-electron chi connectivity index (χ1n) is 7.27. The third-order valence-corrected chi connectivity index (χ3v) is 6.01. The number of hydrogen-bond acceptors (Lipinski definition) is 4. The third kappa shape index (κ3) is 3.07. The lowest BCUT2D eigenvalue weighted by Crippen LogP contribution is -2.63. The molecule has 154 valence electrons. The molecular weight excluding hydrogens is 411 g/mol. The molecule has 0 aromatic heterocycles.